The monoisotopic (exact) mass is 338 g/mol. The third-order valence-electron chi connectivity index (χ3n) is 3.17. The Morgan fingerprint density at radius 1 is 0.909 bits per heavy atom. The number of halogens is 1. The average Bonchev–Trinajstić information content (AvgIpc) is 2.53. The van der Waals surface area contributed by atoms with Crippen LogP contribution in [0.2, 0.25) is 0 Å². The summed E-state index contributed by atoms with van der Waals surface area (Å²) in [7, 11) is 0. The van der Waals surface area contributed by atoms with Gasteiger partial charge in [-0.05, 0) is 12.8 Å². The second-order valence-electron chi connectivity index (χ2n) is 4.94. The summed E-state index contributed by atoms with van der Waals surface area (Å²) in [5.74, 6) is 0.419. The quantitative estimate of drug-likeness (QED) is 0.246. The molecule has 0 aliphatic heterocycles. The van der Waals surface area contributed by atoms with Gasteiger partial charge in [-0.3, -0.25) is 4.79 Å². The van der Waals surface area contributed by atoms with Crippen LogP contribution >= 0.6 is 11.6 Å². The van der Waals surface area contributed by atoms with Gasteiger partial charge in [-0.25, -0.2) is 0 Å². The molecule has 0 aromatic heterocycles. The molecule has 132 valence electrons. The van der Waals surface area contributed by atoms with E-state index >= 15 is 0 Å². The van der Waals surface area contributed by atoms with Gasteiger partial charge in [0.2, 0.25) is 0 Å². The summed E-state index contributed by atoms with van der Waals surface area (Å²) in [6.45, 7) is 7.47. The van der Waals surface area contributed by atoms with E-state index in [1.165, 1.54) is 0 Å². The molecular formula is C16H31ClO5. The number of unbranched alkanes of at least 4 members (excludes halogenated alkanes) is 1. The lowest BCUT2D eigenvalue weighted by molar-refractivity contribution is -0.150. The minimum absolute atomic E-state index is 0.0243. The third-order valence-corrected chi connectivity index (χ3v) is 3.32. The first-order chi connectivity index (χ1) is 10.8. The smallest absolute Gasteiger partial charge is 0.308 e. The zero-order valence-electron chi connectivity index (χ0n) is 14.0. The molecule has 0 aliphatic rings. The van der Waals surface area contributed by atoms with E-state index in [0.717, 1.165) is 25.7 Å². The molecule has 5 nitrogen and oxygen atoms in total. The van der Waals surface area contributed by atoms with Gasteiger partial charge in [0.05, 0.1) is 45.6 Å². The maximum Gasteiger partial charge on any atom is 0.308 e. The summed E-state index contributed by atoms with van der Waals surface area (Å²) in [4.78, 5) is 11.8. The molecule has 0 radical (unpaired) electrons. The molecule has 0 aromatic rings. The molecule has 0 aliphatic carbocycles. The van der Waals surface area contributed by atoms with E-state index in [1.807, 2.05) is 6.92 Å². The topological polar surface area (TPSA) is 54.0 Å². The maximum absolute atomic E-state index is 11.8. The van der Waals surface area contributed by atoms with Crippen LogP contribution in [0, 0.1) is 5.92 Å². The number of hydrogen-bond acceptors (Lipinski definition) is 5. The zero-order valence-corrected chi connectivity index (χ0v) is 14.7. The fourth-order valence-electron chi connectivity index (χ4n) is 1.85. The molecule has 1 unspecified atom stereocenters. The van der Waals surface area contributed by atoms with Crippen molar-refractivity contribution in [3.8, 4) is 0 Å². The fraction of sp³-hybridized carbons (Fsp3) is 0.938. The highest BCUT2D eigenvalue weighted by molar-refractivity contribution is 6.17. The van der Waals surface area contributed by atoms with E-state index < -0.39 is 0 Å². The van der Waals surface area contributed by atoms with Crippen molar-refractivity contribution in [3.63, 3.8) is 0 Å². The number of esters is 1. The van der Waals surface area contributed by atoms with Crippen LogP contribution in [0.5, 0.6) is 0 Å². The van der Waals surface area contributed by atoms with Crippen LogP contribution in [0.1, 0.15) is 39.5 Å². The summed E-state index contributed by atoms with van der Waals surface area (Å²) < 4.78 is 21.0. The summed E-state index contributed by atoms with van der Waals surface area (Å²) in [6, 6.07) is 0. The Kier molecular flexibility index (Phi) is 16.7. The van der Waals surface area contributed by atoms with E-state index in [-0.39, 0.29) is 11.9 Å². The molecule has 0 aromatic carbocycles. The van der Waals surface area contributed by atoms with E-state index in [2.05, 4.69) is 6.92 Å². The van der Waals surface area contributed by atoms with Crippen molar-refractivity contribution >= 4 is 17.6 Å². The van der Waals surface area contributed by atoms with Gasteiger partial charge in [-0.2, -0.15) is 0 Å². The molecule has 1 atom stereocenters. The van der Waals surface area contributed by atoms with Crippen LogP contribution < -0.4 is 0 Å². The molecule has 0 heterocycles. The van der Waals surface area contributed by atoms with Gasteiger partial charge in [0.25, 0.3) is 0 Å². The highest BCUT2D eigenvalue weighted by Gasteiger charge is 2.16. The van der Waals surface area contributed by atoms with Gasteiger partial charge in [0.15, 0.2) is 0 Å². The average molecular weight is 339 g/mol. The van der Waals surface area contributed by atoms with Crippen molar-refractivity contribution in [1.29, 1.82) is 0 Å². The number of ether oxygens (including phenoxy) is 4. The van der Waals surface area contributed by atoms with Gasteiger partial charge in [0, 0.05) is 5.88 Å². The first kappa shape index (κ1) is 21.6. The van der Waals surface area contributed by atoms with Crippen LogP contribution in [-0.2, 0) is 23.7 Å². The first-order valence-electron chi connectivity index (χ1n) is 8.22. The van der Waals surface area contributed by atoms with Crippen molar-refractivity contribution < 1.29 is 23.7 Å². The van der Waals surface area contributed by atoms with Crippen molar-refractivity contribution in [2.24, 2.45) is 5.92 Å². The Bertz CT molecular complexity index is 251. The number of hydrogen-bond donors (Lipinski definition) is 0. The minimum Gasteiger partial charge on any atom is -0.463 e. The summed E-state index contributed by atoms with van der Waals surface area (Å²) >= 11 is 5.47. The summed E-state index contributed by atoms with van der Waals surface area (Å²) in [5, 5.41) is 0. The second kappa shape index (κ2) is 17.0. The molecule has 6 heteroatoms. The van der Waals surface area contributed by atoms with Gasteiger partial charge >= 0.3 is 5.97 Å². The van der Waals surface area contributed by atoms with Crippen molar-refractivity contribution in [3.05, 3.63) is 0 Å². The number of carbonyl (C=O) groups is 1. The van der Waals surface area contributed by atoms with Crippen LogP contribution in [0.3, 0.4) is 0 Å². The third kappa shape index (κ3) is 13.3. The van der Waals surface area contributed by atoms with Crippen molar-refractivity contribution in [1.82, 2.24) is 0 Å². The van der Waals surface area contributed by atoms with Crippen LogP contribution in [0.25, 0.3) is 0 Å². The number of carbonyl (C=O) groups excluding carboxylic acids is 1. The molecule has 0 amide bonds. The van der Waals surface area contributed by atoms with E-state index in [1.54, 1.807) is 0 Å². The Morgan fingerprint density at radius 2 is 1.45 bits per heavy atom. The summed E-state index contributed by atoms with van der Waals surface area (Å²) in [6.07, 6.45) is 3.91. The zero-order chi connectivity index (χ0) is 16.5. The number of alkyl halides is 1. The molecular weight excluding hydrogens is 308 g/mol. The molecule has 0 spiro atoms. The Hall–Kier alpha value is -0.360. The predicted molar refractivity (Wildman–Crippen MR) is 87.4 cm³/mol. The molecule has 0 fully saturated rings. The lowest BCUT2D eigenvalue weighted by Crippen LogP contribution is -2.20. The Balaban J connectivity index is 3.35. The van der Waals surface area contributed by atoms with Crippen LogP contribution in [0.4, 0.5) is 0 Å². The minimum atomic E-state index is -0.104. The van der Waals surface area contributed by atoms with Crippen molar-refractivity contribution in [2.75, 3.05) is 52.1 Å². The SMILES string of the molecule is CCCCC(CC)C(=O)OCCOCCOCCOCCCl. The molecule has 0 saturated carbocycles. The predicted octanol–water partition coefficient (Wildman–Crippen LogP) is 3.03. The number of rotatable bonds is 16. The normalized spacial score (nSPS) is 12.3. The molecule has 0 rings (SSSR count). The van der Waals surface area contributed by atoms with Gasteiger partial charge in [0.1, 0.15) is 6.61 Å². The van der Waals surface area contributed by atoms with Gasteiger partial charge in [-0.15, -0.1) is 11.6 Å². The first-order valence-corrected chi connectivity index (χ1v) is 8.75. The molecule has 0 saturated heterocycles. The van der Waals surface area contributed by atoms with Gasteiger partial charge < -0.3 is 18.9 Å². The molecule has 22 heavy (non-hydrogen) atoms. The summed E-state index contributed by atoms with van der Waals surface area (Å²) in [5.41, 5.74) is 0. The Morgan fingerprint density at radius 3 is 1.95 bits per heavy atom. The standard InChI is InChI=1S/C16H31ClO5/c1-3-5-6-15(4-2)16(18)22-14-13-21-12-11-20-10-9-19-8-7-17/h15H,3-14H2,1-2H3. The molecule has 0 bridgehead atoms. The van der Waals surface area contributed by atoms with Crippen LogP contribution in [0.15, 0.2) is 0 Å². The van der Waals surface area contributed by atoms with E-state index in [4.69, 9.17) is 30.5 Å². The highest BCUT2D eigenvalue weighted by atomic mass is 35.5. The second-order valence-corrected chi connectivity index (χ2v) is 5.32. The lowest BCUT2D eigenvalue weighted by atomic mass is 10.00. The lowest BCUT2D eigenvalue weighted by Gasteiger charge is -2.13. The fourth-order valence-corrected chi connectivity index (χ4v) is 1.96. The Labute approximate surface area is 139 Å². The van der Waals surface area contributed by atoms with Gasteiger partial charge in [-0.1, -0.05) is 26.7 Å². The maximum atomic E-state index is 11.8. The van der Waals surface area contributed by atoms with Crippen LogP contribution in [-0.4, -0.2) is 58.1 Å². The van der Waals surface area contributed by atoms with Crippen molar-refractivity contribution in [2.45, 2.75) is 39.5 Å². The van der Waals surface area contributed by atoms with E-state index in [9.17, 15) is 4.79 Å². The highest BCUT2D eigenvalue weighted by Crippen LogP contribution is 2.14. The van der Waals surface area contributed by atoms with E-state index in [0.29, 0.717) is 52.1 Å². The molecule has 0 N–H and O–H groups in total. The largest absolute Gasteiger partial charge is 0.463 e.